The highest BCUT2D eigenvalue weighted by Crippen LogP contribution is 2.26. The van der Waals surface area contributed by atoms with Crippen LogP contribution in [0.15, 0.2) is 23.9 Å². The van der Waals surface area contributed by atoms with Crippen LogP contribution in [0.25, 0.3) is 0 Å². The van der Waals surface area contributed by atoms with E-state index in [1.54, 1.807) is 27.7 Å². The number of hydrogen-bond acceptors (Lipinski definition) is 5. The zero-order chi connectivity index (χ0) is 19.1. The van der Waals surface area contributed by atoms with Gasteiger partial charge in [0.1, 0.15) is 0 Å². The standard InChI is InChI=1S/C17H20F3NO4/c1-5-24-16(22)11(17(23)25-6-2)9-21(10(3)4)13-8-7-12(18)14(19)15(13)20/h7-10H,5-6H2,1-4H3. The van der Waals surface area contributed by atoms with Gasteiger partial charge in [-0.1, -0.05) is 0 Å². The van der Waals surface area contributed by atoms with Gasteiger partial charge in [-0.3, -0.25) is 0 Å². The maximum Gasteiger partial charge on any atom is 0.347 e. The number of hydrogen-bond donors (Lipinski definition) is 0. The van der Waals surface area contributed by atoms with Crippen LogP contribution in [0.2, 0.25) is 0 Å². The van der Waals surface area contributed by atoms with E-state index in [0.29, 0.717) is 0 Å². The average Bonchev–Trinajstić information content (AvgIpc) is 2.54. The molecule has 0 saturated carbocycles. The molecule has 1 rings (SSSR count). The first kappa shape index (κ1) is 20.5. The first-order valence-corrected chi connectivity index (χ1v) is 7.72. The molecule has 1 aromatic rings. The van der Waals surface area contributed by atoms with Crippen LogP contribution in [-0.2, 0) is 19.1 Å². The van der Waals surface area contributed by atoms with Crippen LogP contribution in [-0.4, -0.2) is 31.2 Å². The second-order valence-electron chi connectivity index (χ2n) is 5.18. The Hall–Kier alpha value is -2.51. The molecule has 0 saturated heterocycles. The van der Waals surface area contributed by atoms with Crippen LogP contribution in [0.4, 0.5) is 18.9 Å². The zero-order valence-corrected chi connectivity index (χ0v) is 14.4. The molecule has 138 valence electrons. The lowest BCUT2D eigenvalue weighted by Gasteiger charge is -2.26. The van der Waals surface area contributed by atoms with Crippen molar-refractivity contribution in [1.29, 1.82) is 0 Å². The van der Waals surface area contributed by atoms with Gasteiger partial charge < -0.3 is 14.4 Å². The summed E-state index contributed by atoms with van der Waals surface area (Å²) in [5.74, 6) is -6.35. The number of benzene rings is 1. The molecule has 0 spiro atoms. The van der Waals surface area contributed by atoms with Crippen molar-refractivity contribution < 1.29 is 32.2 Å². The van der Waals surface area contributed by atoms with Gasteiger partial charge in [0.05, 0.1) is 18.9 Å². The third kappa shape index (κ3) is 4.98. The Morgan fingerprint density at radius 3 is 2.00 bits per heavy atom. The molecule has 0 N–H and O–H groups in total. The Kier molecular flexibility index (Phi) is 7.47. The van der Waals surface area contributed by atoms with Crippen molar-refractivity contribution in [1.82, 2.24) is 0 Å². The number of ether oxygens (including phenoxy) is 2. The van der Waals surface area contributed by atoms with Gasteiger partial charge in [0, 0.05) is 12.2 Å². The Bertz CT molecular complexity index is 654. The van der Waals surface area contributed by atoms with Gasteiger partial charge in [0.25, 0.3) is 0 Å². The fraction of sp³-hybridized carbons (Fsp3) is 0.412. The number of carbonyl (C=O) groups is 2. The molecular formula is C17H20F3NO4. The Morgan fingerprint density at radius 1 is 1.04 bits per heavy atom. The molecule has 0 radical (unpaired) electrons. The lowest BCUT2D eigenvalue weighted by atomic mass is 10.2. The first-order valence-electron chi connectivity index (χ1n) is 7.72. The minimum atomic E-state index is -1.65. The summed E-state index contributed by atoms with van der Waals surface area (Å²) in [6.45, 7) is 6.36. The molecule has 0 aliphatic rings. The van der Waals surface area contributed by atoms with E-state index in [9.17, 15) is 22.8 Å². The summed E-state index contributed by atoms with van der Waals surface area (Å²) < 4.78 is 50.4. The number of halogens is 3. The van der Waals surface area contributed by atoms with Crippen molar-refractivity contribution in [3.05, 3.63) is 41.4 Å². The molecule has 0 aliphatic carbocycles. The van der Waals surface area contributed by atoms with E-state index < -0.39 is 41.0 Å². The van der Waals surface area contributed by atoms with E-state index in [4.69, 9.17) is 9.47 Å². The molecule has 0 unspecified atom stereocenters. The topological polar surface area (TPSA) is 55.8 Å². The molecule has 1 aromatic carbocycles. The molecule has 8 heteroatoms. The largest absolute Gasteiger partial charge is 0.462 e. The van der Waals surface area contributed by atoms with E-state index >= 15 is 0 Å². The minimum Gasteiger partial charge on any atom is -0.462 e. The van der Waals surface area contributed by atoms with E-state index in [1.807, 2.05) is 0 Å². The van der Waals surface area contributed by atoms with Crippen LogP contribution in [0.5, 0.6) is 0 Å². The van der Waals surface area contributed by atoms with E-state index in [2.05, 4.69) is 0 Å². The molecular weight excluding hydrogens is 339 g/mol. The van der Waals surface area contributed by atoms with Gasteiger partial charge in [-0.15, -0.1) is 0 Å². The van der Waals surface area contributed by atoms with E-state index in [0.717, 1.165) is 23.2 Å². The van der Waals surface area contributed by atoms with Crippen LogP contribution in [0.1, 0.15) is 27.7 Å². The van der Waals surface area contributed by atoms with Gasteiger partial charge in [0.2, 0.25) is 0 Å². The monoisotopic (exact) mass is 359 g/mol. The summed E-state index contributed by atoms with van der Waals surface area (Å²) in [6, 6.07) is 1.28. The van der Waals surface area contributed by atoms with Crippen LogP contribution < -0.4 is 4.90 Å². The van der Waals surface area contributed by atoms with Gasteiger partial charge in [-0.25, -0.2) is 22.8 Å². The van der Waals surface area contributed by atoms with Crippen LogP contribution in [0, 0.1) is 17.5 Å². The van der Waals surface area contributed by atoms with Crippen molar-refractivity contribution in [2.75, 3.05) is 18.1 Å². The van der Waals surface area contributed by atoms with Gasteiger partial charge >= 0.3 is 11.9 Å². The summed E-state index contributed by atoms with van der Waals surface area (Å²) in [7, 11) is 0. The van der Waals surface area contributed by atoms with Gasteiger partial charge in [0.15, 0.2) is 23.0 Å². The molecule has 0 bridgehead atoms. The summed E-state index contributed by atoms with van der Waals surface area (Å²) in [5, 5.41) is 0. The van der Waals surface area contributed by atoms with Gasteiger partial charge in [-0.05, 0) is 39.8 Å². The zero-order valence-electron chi connectivity index (χ0n) is 14.4. The van der Waals surface area contributed by atoms with Crippen molar-refractivity contribution in [3.8, 4) is 0 Å². The van der Waals surface area contributed by atoms with Crippen molar-refractivity contribution >= 4 is 17.6 Å². The highest BCUT2D eigenvalue weighted by Gasteiger charge is 2.26. The number of carbonyl (C=O) groups excluding carboxylic acids is 2. The maximum absolute atomic E-state index is 14.1. The minimum absolute atomic E-state index is 0.0107. The Labute approximate surface area is 144 Å². The second-order valence-corrected chi connectivity index (χ2v) is 5.18. The molecule has 5 nitrogen and oxygen atoms in total. The molecule has 0 aromatic heterocycles. The number of esters is 2. The quantitative estimate of drug-likeness (QED) is 0.246. The molecule has 25 heavy (non-hydrogen) atoms. The second kappa shape index (κ2) is 9.10. The lowest BCUT2D eigenvalue weighted by molar-refractivity contribution is -0.146. The normalized spacial score (nSPS) is 10.4. The summed E-state index contributed by atoms with van der Waals surface area (Å²) in [6.07, 6.45) is 1.01. The first-order chi connectivity index (χ1) is 11.7. The molecule has 0 amide bonds. The third-order valence-corrected chi connectivity index (χ3v) is 3.11. The van der Waals surface area contributed by atoms with Crippen LogP contribution >= 0.6 is 0 Å². The Morgan fingerprint density at radius 2 is 1.56 bits per heavy atom. The van der Waals surface area contributed by atoms with E-state index in [-0.39, 0.29) is 18.9 Å². The molecule has 0 fully saturated rings. The number of rotatable bonds is 7. The van der Waals surface area contributed by atoms with Crippen LogP contribution in [0.3, 0.4) is 0 Å². The van der Waals surface area contributed by atoms with E-state index in [1.165, 1.54) is 0 Å². The SMILES string of the molecule is CCOC(=O)C(=CN(c1ccc(F)c(F)c1F)C(C)C)C(=O)OCC. The summed E-state index contributed by atoms with van der Waals surface area (Å²) in [5.41, 5.74) is -0.818. The predicted molar refractivity (Wildman–Crippen MR) is 85.3 cm³/mol. The fourth-order valence-corrected chi connectivity index (χ4v) is 1.96. The smallest absolute Gasteiger partial charge is 0.347 e. The fourth-order valence-electron chi connectivity index (χ4n) is 1.96. The number of anilines is 1. The predicted octanol–water partition coefficient (Wildman–Crippen LogP) is 3.33. The highest BCUT2D eigenvalue weighted by atomic mass is 19.2. The van der Waals surface area contributed by atoms with Gasteiger partial charge in [-0.2, -0.15) is 0 Å². The lowest BCUT2D eigenvalue weighted by Crippen LogP contribution is -2.30. The average molecular weight is 359 g/mol. The van der Waals surface area contributed by atoms with Crippen molar-refractivity contribution in [2.24, 2.45) is 0 Å². The third-order valence-electron chi connectivity index (χ3n) is 3.11. The summed E-state index contributed by atoms with van der Waals surface area (Å²) >= 11 is 0. The maximum atomic E-state index is 14.1. The Balaban J connectivity index is 3.44. The van der Waals surface area contributed by atoms with Crippen molar-refractivity contribution in [3.63, 3.8) is 0 Å². The number of nitrogens with zero attached hydrogens (tertiary/aromatic N) is 1. The molecule has 0 aliphatic heterocycles. The summed E-state index contributed by atoms with van der Waals surface area (Å²) in [4.78, 5) is 25.1. The molecule has 0 atom stereocenters. The highest BCUT2D eigenvalue weighted by molar-refractivity contribution is 6.14. The molecule has 0 heterocycles. The van der Waals surface area contributed by atoms with Crippen molar-refractivity contribution in [2.45, 2.75) is 33.7 Å².